The van der Waals surface area contributed by atoms with E-state index in [4.69, 9.17) is 23.2 Å². The van der Waals surface area contributed by atoms with Crippen LogP contribution in [0.4, 0.5) is 0 Å². The number of hydrogen-bond donors (Lipinski definition) is 2. The van der Waals surface area contributed by atoms with E-state index in [0.29, 0.717) is 21.4 Å². The Morgan fingerprint density at radius 3 is 2.62 bits per heavy atom. The number of aromatic amines is 1. The van der Waals surface area contributed by atoms with Crippen molar-refractivity contribution in [3.8, 4) is 11.3 Å². The van der Waals surface area contributed by atoms with Crippen LogP contribution in [0.25, 0.3) is 11.3 Å². The summed E-state index contributed by atoms with van der Waals surface area (Å²) in [5, 5.41) is 12.0. The maximum Gasteiger partial charge on any atom is 0.289 e. The molecule has 1 amide bonds. The van der Waals surface area contributed by atoms with E-state index in [1.165, 1.54) is 6.21 Å². The van der Waals surface area contributed by atoms with Gasteiger partial charge in [-0.2, -0.15) is 10.2 Å². The number of rotatable bonds is 4. The summed E-state index contributed by atoms with van der Waals surface area (Å²) in [6, 6.07) is 16.0. The van der Waals surface area contributed by atoms with Gasteiger partial charge >= 0.3 is 0 Å². The molecule has 120 valence electrons. The fraction of sp³-hybridized carbons (Fsp3) is 0. The number of nitrogens with zero attached hydrogens (tertiary/aromatic N) is 2. The second-order valence-electron chi connectivity index (χ2n) is 4.93. The number of amides is 1. The molecule has 0 saturated carbocycles. The number of hydrazone groups is 1. The van der Waals surface area contributed by atoms with Gasteiger partial charge in [0.1, 0.15) is 5.69 Å². The predicted molar refractivity (Wildman–Crippen MR) is 95.5 cm³/mol. The Kier molecular flexibility index (Phi) is 4.93. The van der Waals surface area contributed by atoms with Gasteiger partial charge in [-0.05, 0) is 35.9 Å². The van der Waals surface area contributed by atoms with Crippen LogP contribution in [0.15, 0.2) is 59.7 Å². The number of nitrogens with one attached hydrogen (secondary N) is 2. The van der Waals surface area contributed by atoms with E-state index in [0.717, 1.165) is 11.1 Å². The van der Waals surface area contributed by atoms with E-state index < -0.39 is 0 Å². The summed E-state index contributed by atoms with van der Waals surface area (Å²) in [4.78, 5) is 12.1. The molecule has 0 aliphatic heterocycles. The average molecular weight is 359 g/mol. The first-order valence-electron chi connectivity index (χ1n) is 7.02. The fourth-order valence-electron chi connectivity index (χ4n) is 2.02. The molecule has 24 heavy (non-hydrogen) atoms. The molecule has 0 fully saturated rings. The largest absolute Gasteiger partial charge is 0.289 e. The van der Waals surface area contributed by atoms with Gasteiger partial charge in [0.2, 0.25) is 0 Å². The van der Waals surface area contributed by atoms with Crippen LogP contribution in [0, 0.1) is 0 Å². The van der Waals surface area contributed by atoms with Crippen LogP contribution in [0.3, 0.4) is 0 Å². The van der Waals surface area contributed by atoms with E-state index in [2.05, 4.69) is 20.7 Å². The van der Waals surface area contributed by atoms with Crippen LogP contribution < -0.4 is 5.43 Å². The summed E-state index contributed by atoms with van der Waals surface area (Å²) < 4.78 is 0. The van der Waals surface area contributed by atoms with Crippen LogP contribution in [-0.2, 0) is 0 Å². The van der Waals surface area contributed by atoms with Gasteiger partial charge in [0, 0.05) is 15.6 Å². The fourth-order valence-corrected chi connectivity index (χ4v) is 2.34. The first-order chi connectivity index (χ1) is 11.6. The van der Waals surface area contributed by atoms with Crippen LogP contribution in [0.1, 0.15) is 16.1 Å². The monoisotopic (exact) mass is 358 g/mol. The molecular formula is C17H12Cl2N4O. The summed E-state index contributed by atoms with van der Waals surface area (Å²) >= 11 is 11.7. The second-order valence-corrected chi connectivity index (χ2v) is 5.80. The third-order valence-corrected chi connectivity index (χ3v) is 3.68. The number of carbonyl (C=O) groups excluding carboxylic acids is 1. The van der Waals surface area contributed by atoms with Crippen molar-refractivity contribution in [2.45, 2.75) is 0 Å². The molecule has 7 heteroatoms. The summed E-state index contributed by atoms with van der Waals surface area (Å²) in [7, 11) is 0. The normalized spacial score (nSPS) is 10.9. The molecule has 1 heterocycles. The topological polar surface area (TPSA) is 70.1 Å². The van der Waals surface area contributed by atoms with Gasteiger partial charge < -0.3 is 0 Å². The maximum atomic E-state index is 12.1. The number of aromatic nitrogens is 2. The molecule has 0 radical (unpaired) electrons. The molecule has 0 bridgehead atoms. The van der Waals surface area contributed by atoms with Crippen molar-refractivity contribution in [3.63, 3.8) is 0 Å². The quantitative estimate of drug-likeness (QED) is 0.543. The standard InChI is InChI=1S/C17H12Cl2N4O/c18-13-6-4-12(5-7-13)15-9-16(22-21-15)17(24)23-20-10-11-2-1-3-14(19)8-11/h1-10H,(H,21,22)(H,23,24)/b20-10+. The molecule has 0 atom stereocenters. The van der Waals surface area contributed by atoms with Crippen LogP contribution in [0.2, 0.25) is 10.0 Å². The molecule has 2 N–H and O–H groups in total. The zero-order valence-corrected chi connectivity index (χ0v) is 13.8. The first kappa shape index (κ1) is 16.2. The highest BCUT2D eigenvalue weighted by atomic mass is 35.5. The van der Waals surface area contributed by atoms with Crippen molar-refractivity contribution in [1.82, 2.24) is 15.6 Å². The average Bonchev–Trinajstić information content (AvgIpc) is 3.05. The summed E-state index contributed by atoms with van der Waals surface area (Å²) in [5.41, 5.74) is 5.04. The molecule has 0 aliphatic carbocycles. The molecule has 3 aromatic rings. The van der Waals surface area contributed by atoms with E-state index >= 15 is 0 Å². The number of benzene rings is 2. The van der Waals surface area contributed by atoms with Crippen LogP contribution in [-0.4, -0.2) is 22.3 Å². The Morgan fingerprint density at radius 2 is 1.88 bits per heavy atom. The lowest BCUT2D eigenvalue weighted by Gasteiger charge is -1.97. The highest BCUT2D eigenvalue weighted by Gasteiger charge is 2.10. The maximum absolute atomic E-state index is 12.1. The highest BCUT2D eigenvalue weighted by molar-refractivity contribution is 6.31. The lowest BCUT2D eigenvalue weighted by molar-refractivity contribution is 0.0950. The third kappa shape index (κ3) is 4.01. The van der Waals surface area contributed by atoms with E-state index in [9.17, 15) is 4.79 Å². The van der Waals surface area contributed by atoms with Gasteiger partial charge in [-0.1, -0.05) is 47.5 Å². The zero-order chi connectivity index (χ0) is 16.9. The van der Waals surface area contributed by atoms with Gasteiger partial charge in [0.25, 0.3) is 5.91 Å². The Balaban J connectivity index is 1.66. The van der Waals surface area contributed by atoms with Crippen molar-refractivity contribution in [2.75, 3.05) is 0 Å². The number of H-pyrrole nitrogens is 1. The van der Waals surface area contributed by atoms with E-state index in [-0.39, 0.29) is 5.91 Å². The first-order valence-corrected chi connectivity index (χ1v) is 7.78. The second kappa shape index (κ2) is 7.29. The molecule has 0 spiro atoms. The lowest BCUT2D eigenvalue weighted by Crippen LogP contribution is -2.17. The summed E-state index contributed by atoms with van der Waals surface area (Å²) in [6.45, 7) is 0. The Bertz CT molecular complexity index is 888. The molecule has 3 rings (SSSR count). The zero-order valence-electron chi connectivity index (χ0n) is 12.3. The molecule has 0 unspecified atom stereocenters. The minimum atomic E-state index is -0.388. The van der Waals surface area contributed by atoms with E-state index in [1.54, 1.807) is 36.4 Å². The van der Waals surface area contributed by atoms with Crippen molar-refractivity contribution in [1.29, 1.82) is 0 Å². The molecule has 0 aliphatic rings. The Hall–Kier alpha value is -2.63. The van der Waals surface area contributed by atoms with Gasteiger partial charge in [-0.3, -0.25) is 9.89 Å². The Morgan fingerprint density at radius 1 is 1.08 bits per heavy atom. The predicted octanol–water partition coefficient (Wildman–Crippen LogP) is 4.15. The van der Waals surface area contributed by atoms with E-state index in [1.807, 2.05) is 18.2 Å². The molecular weight excluding hydrogens is 347 g/mol. The summed E-state index contributed by atoms with van der Waals surface area (Å²) in [5.74, 6) is -0.388. The smallest absolute Gasteiger partial charge is 0.272 e. The van der Waals surface area contributed by atoms with Crippen LogP contribution >= 0.6 is 23.2 Å². The SMILES string of the molecule is O=C(N/N=C/c1cccc(Cl)c1)c1cc(-c2ccc(Cl)cc2)n[nH]1. The molecule has 0 saturated heterocycles. The number of carbonyl (C=O) groups is 1. The van der Waals surface area contributed by atoms with Gasteiger partial charge in [0.05, 0.1) is 11.9 Å². The van der Waals surface area contributed by atoms with Crippen molar-refractivity contribution < 1.29 is 4.79 Å². The van der Waals surface area contributed by atoms with Gasteiger partial charge in [0.15, 0.2) is 0 Å². The molecule has 5 nitrogen and oxygen atoms in total. The molecule has 2 aromatic carbocycles. The third-order valence-electron chi connectivity index (χ3n) is 3.19. The van der Waals surface area contributed by atoms with Crippen molar-refractivity contribution in [3.05, 3.63) is 75.9 Å². The Labute approximate surface area is 148 Å². The number of hydrogen-bond acceptors (Lipinski definition) is 3. The highest BCUT2D eigenvalue weighted by Crippen LogP contribution is 2.20. The summed E-state index contributed by atoms with van der Waals surface area (Å²) in [6.07, 6.45) is 1.51. The minimum absolute atomic E-state index is 0.309. The van der Waals surface area contributed by atoms with Crippen molar-refractivity contribution >= 4 is 35.3 Å². The lowest BCUT2D eigenvalue weighted by atomic mass is 10.1. The molecule has 1 aromatic heterocycles. The number of halogens is 2. The van der Waals surface area contributed by atoms with Gasteiger partial charge in [-0.15, -0.1) is 0 Å². The minimum Gasteiger partial charge on any atom is -0.272 e. The van der Waals surface area contributed by atoms with Crippen LogP contribution in [0.5, 0.6) is 0 Å². The van der Waals surface area contributed by atoms with Crippen molar-refractivity contribution in [2.24, 2.45) is 5.10 Å². The van der Waals surface area contributed by atoms with Gasteiger partial charge in [-0.25, -0.2) is 5.43 Å².